The standard InChI is InChI=1S/C14H21BrN2O/c1-11(2)17(10-9-15)14(18)12-5-7-13(8-6-12)16(3)4/h5-8,11H,9-10H2,1-4H3. The first-order valence-electron chi connectivity index (χ1n) is 6.11. The van der Waals surface area contributed by atoms with Gasteiger partial charge in [-0.25, -0.2) is 0 Å². The van der Waals surface area contributed by atoms with E-state index in [9.17, 15) is 4.79 Å². The first kappa shape index (κ1) is 15.0. The number of hydrogen-bond donors (Lipinski definition) is 0. The molecule has 0 aliphatic heterocycles. The molecule has 0 atom stereocenters. The number of anilines is 1. The molecule has 0 spiro atoms. The third kappa shape index (κ3) is 3.73. The zero-order valence-corrected chi connectivity index (χ0v) is 13.1. The molecular formula is C14H21BrN2O. The third-order valence-electron chi connectivity index (χ3n) is 2.84. The van der Waals surface area contributed by atoms with Gasteiger partial charge in [0.1, 0.15) is 0 Å². The summed E-state index contributed by atoms with van der Waals surface area (Å²) in [6.45, 7) is 4.80. The van der Waals surface area contributed by atoms with Crippen LogP contribution in [0.5, 0.6) is 0 Å². The SMILES string of the molecule is CC(C)N(CCBr)C(=O)c1ccc(N(C)C)cc1. The van der Waals surface area contributed by atoms with Crippen molar-refractivity contribution < 1.29 is 4.79 Å². The second-order valence-corrected chi connectivity index (χ2v) is 5.52. The molecule has 1 aromatic rings. The number of rotatable bonds is 5. The summed E-state index contributed by atoms with van der Waals surface area (Å²) in [6, 6.07) is 7.94. The van der Waals surface area contributed by atoms with Gasteiger partial charge < -0.3 is 9.80 Å². The average Bonchev–Trinajstić information content (AvgIpc) is 2.35. The van der Waals surface area contributed by atoms with E-state index in [-0.39, 0.29) is 11.9 Å². The maximum Gasteiger partial charge on any atom is 0.254 e. The normalized spacial score (nSPS) is 10.6. The third-order valence-corrected chi connectivity index (χ3v) is 3.19. The molecule has 100 valence electrons. The van der Waals surface area contributed by atoms with Gasteiger partial charge in [0, 0.05) is 43.3 Å². The van der Waals surface area contributed by atoms with Crippen LogP contribution >= 0.6 is 15.9 Å². The number of alkyl halides is 1. The molecule has 0 aromatic heterocycles. The van der Waals surface area contributed by atoms with Crippen LogP contribution in [0.15, 0.2) is 24.3 Å². The van der Waals surface area contributed by atoms with Crippen LogP contribution in [0.2, 0.25) is 0 Å². The van der Waals surface area contributed by atoms with Crippen molar-refractivity contribution in [2.24, 2.45) is 0 Å². The second-order valence-electron chi connectivity index (χ2n) is 4.72. The lowest BCUT2D eigenvalue weighted by molar-refractivity contribution is 0.0719. The molecule has 0 N–H and O–H groups in total. The summed E-state index contributed by atoms with van der Waals surface area (Å²) in [5, 5.41) is 0.798. The number of carbonyl (C=O) groups is 1. The van der Waals surface area contributed by atoms with Gasteiger partial charge in [0.25, 0.3) is 5.91 Å². The van der Waals surface area contributed by atoms with Crippen LogP contribution in [0.25, 0.3) is 0 Å². The van der Waals surface area contributed by atoms with Crippen LogP contribution in [0.3, 0.4) is 0 Å². The highest BCUT2D eigenvalue weighted by Crippen LogP contribution is 2.15. The van der Waals surface area contributed by atoms with E-state index in [0.717, 1.165) is 23.1 Å². The predicted molar refractivity (Wildman–Crippen MR) is 80.7 cm³/mol. The summed E-state index contributed by atoms with van der Waals surface area (Å²) in [7, 11) is 3.98. The molecule has 0 saturated carbocycles. The predicted octanol–water partition coefficient (Wildman–Crippen LogP) is 3.00. The average molecular weight is 313 g/mol. The first-order valence-corrected chi connectivity index (χ1v) is 7.23. The van der Waals surface area contributed by atoms with Gasteiger partial charge in [-0.3, -0.25) is 4.79 Å². The van der Waals surface area contributed by atoms with Crippen molar-refractivity contribution in [1.29, 1.82) is 0 Å². The molecule has 3 nitrogen and oxygen atoms in total. The molecule has 18 heavy (non-hydrogen) atoms. The van der Waals surface area contributed by atoms with E-state index >= 15 is 0 Å². The Morgan fingerprint density at radius 2 is 1.78 bits per heavy atom. The fraction of sp³-hybridized carbons (Fsp3) is 0.500. The fourth-order valence-corrected chi connectivity index (χ4v) is 2.14. The Labute approximate surface area is 118 Å². The quantitative estimate of drug-likeness (QED) is 0.780. The van der Waals surface area contributed by atoms with E-state index < -0.39 is 0 Å². The Hall–Kier alpha value is -1.03. The van der Waals surface area contributed by atoms with Gasteiger partial charge in [-0.05, 0) is 38.1 Å². The fourth-order valence-electron chi connectivity index (χ4n) is 1.75. The van der Waals surface area contributed by atoms with E-state index in [1.807, 2.05) is 62.0 Å². The van der Waals surface area contributed by atoms with Crippen molar-refractivity contribution in [3.63, 3.8) is 0 Å². The minimum absolute atomic E-state index is 0.0924. The van der Waals surface area contributed by atoms with Crippen LogP contribution in [0, 0.1) is 0 Å². The van der Waals surface area contributed by atoms with Gasteiger partial charge in [-0.2, -0.15) is 0 Å². The van der Waals surface area contributed by atoms with Gasteiger partial charge in [0.15, 0.2) is 0 Å². The Bertz CT molecular complexity index is 387. The Morgan fingerprint density at radius 1 is 1.22 bits per heavy atom. The molecular weight excluding hydrogens is 292 g/mol. The highest BCUT2D eigenvalue weighted by molar-refractivity contribution is 9.09. The number of hydrogen-bond acceptors (Lipinski definition) is 2. The maximum absolute atomic E-state index is 12.3. The van der Waals surface area contributed by atoms with E-state index in [4.69, 9.17) is 0 Å². The van der Waals surface area contributed by atoms with Gasteiger partial charge in [0.2, 0.25) is 0 Å². The monoisotopic (exact) mass is 312 g/mol. The topological polar surface area (TPSA) is 23.6 Å². The van der Waals surface area contributed by atoms with E-state index in [2.05, 4.69) is 15.9 Å². The lowest BCUT2D eigenvalue weighted by atomic mass is 10.1. The Morgan fingerprint density at radius 3 is 2.17 bits per heavy atom. The van der Waals surface area contributed by atoms with Crippen LogP contribution in [0.1, 0.15) is 24.2 Å². The highest BCUT2D eigenvalue weighted by Gasteiger charge is 2.17. The molecule has 0 unspecified atom stereocenters. The van der Waals surface area contributed by atoms with Crippen LogP contribution in [0.4, 0.5) is 5.69 Å². The van der Waals surface area contributed by atoms with E-state index in [0.29, 0.717) is 0 Å². The van der Waals surface area contributed by atoms with Gasteiger partial charge in [0.05, 0.1) is 0 Å². The number of nitrogens with zero attached hydrogens (tertiary/aromatic N) is 2. The molecule has 0 aliphatic rings. The minimum Gasteiger partial charge on any atom is -0.378 e. The summed E-state index contributed by atoms with van der Waals surface area (Å²) < 4.78 is 0. The lowest BCUT2D eigenvalue weighted by Gasteiger charge is -2.26. The molecule has 1 aromatic carbocycles. The molecule has 0 saturated heterocycles. The molecule has 0 fully saturated rings. The van der Waals surface area contributed by atoms with Crippen LogP contribution in [-0.2, 0) is 0 Å². The molecule has 0 aliphatic carbocycles. The number of benzene rings is 1. The summed E-state index contributed by atoms with van der Waals surface area (Å²) in [5.74, 6) is 0.0924. The van der Waals surface area contributed by atoms with Crippen molar-refractivity contribution in [2.45, 2.75) is 19.9 Å². The van der Waals surface area contributed by atoms with Gasteiger partial charge in [-0.1, -0.05) is 15.9 Å². The molecule has 0 bridgehead atoms. The van der Waals surface area contributed by atoms with Crippen LogP contribution < -0.4 is 4.90 Å². The lowest BCUT2D eigenvalue weighted by Crippen LogP contribution is -2.38. The largest absolute Gasteiger partial charge is 0.378 e. The maximum atomic E-state index is 12.3. The summed E-state index contributed by atoms with van der Waals surface area (Å²) in [5.41, 5.74) is 1.85. The van der Waals surface area contributed by atoms with Crippen molar-refractivity contribution in [1.82, 2.24) is 4.90 Å². The minimum atomic E-state index is 0.0924. The molecule has 1 rings (SSSR count). The highest BCUT2D eigenvalue weighted by atomic mass is 79.9. The summed E-state index contributed by atoms with van der Waals surface area (Å²) in [6.07, 6.45) is 0. The van der Waals surface area contributed by atoms with E-state index in [1.165, 1.54) is 0 Å². The van der Waals surface area contributed by atoms with Crippen molar-refractivity contribution in [2.75, 3.05) is 30.9 Å². The molecule has 1 amide bonds. The van der Waals surface area contributed by atoms with E-state index in [1.54, 1.807) is 0 Å². The molecule has 4 heteroatoms. The number of halogens is 1. The zero-order valence-electron chi connectivity index (χ0n) is 11.5. The van der Waals surface area contributed by atoms with Gasteiger partial charge in [-0.15, -0.1) is 0 Å². The summed E-state index contributed by atoms with van der Waals surface area (Å²) >= 11 is 3.39. The Balaban J connectivity index is 2.88. The first-order chi connectivity index (χ1) is 8.47. The van der Waals surface area contributed by atoms with Gasteiger partial charge >= 0.3 is 0 Å². The van der Waals surface area contributed by atoms with Crippen LogP contribution in [-0.4, -0.2) is 42.8 Å². The number of amides is 1. The van der Waals surface area contributed by atoms with Crippen molar-refractivity contribution in [3.8, 4) is 0 Å². The second kappa shape index (κ2) is 6.78. The Kier molecular flexibility index (Phi) is 5.66. The summed E-state index contributed by atoms with van der Waals surface area (Å²) in [4.78, 5) is 16.2. The molecule has 0 radical (unpaired) electrons. The smallest absolute Gasteiger partial charge is 0.254 e. The molecule has 0 heterocycles. The van der Waals surface area contributed by atoms with Crippen molar-refractivity contribution >= 4 is 27.5 Å². The zero-order chi connectivity index (χ0) is 13.7. The number of carbonyl (C=O) groups excluding carboxylic acids is 1. The van der Waals surface area contributed by atoms with Crippen molar-refractivity contribution in [3.05, 3.63) is 29.8 Å².